The summed E-state index contributed by atoms with van der Waals surface area (Å²) in [7, 11) is -3.46. The van der Waals surface area contributed by atoms with E-state index in [1.807, 2.05) is 32.0 Å². The van der Waals surface area contributed by atoms with Crippen LogP contribution in [0.4, 0.5) is 0 Å². The molecule has 0 N–H and O–H groups in total. The van der Waals surface area contributed by atoms with Crippen molar-refractivity contribution in [3.63, 3.8) is 0 Å². The number of rotatable bonds is 3. The number of sulfonamides is 1. The van der Waals surface area contributed by atoms with Gasteiger partial charge in [-0.1, -0.05) is 17.7 Å². The fourth-order valence-corrected chi connectivity index (χ4v) is 4.72. The summed E-state index contributed by atoms with van der Waals surface area (Å²) in [5.74, 6) is 0. The first-order valence-corrected chi connectivity index (χ1v) is 8.93. The van der Waals surface area contributed by atoms with Crippen LogP contribution in [0.3, 0.4) is 0 Å². The Kier molecular flexibility index (Phi) is 4.02. The van der Waals surface area contributed by atoms with Gasteiger partial charge in [0, 0.05) is 18.9 Å². The molecule has 0 aliphatic carbocycles. The minimum absolute atomic E-state index is 0.0886. The van der Waals surface area contributed by atoms with Crippen LogP contribution < -0.4 is 0 Å². The molecule has 1 aliphatic heterocycles. The maximum atomic E-state index is 13.0. The molecule has 5 heteroatoms. The summed E-state index contributed by atoms with van der Waals surface area (Å²) < 4.78 is 27.5. The Labute approximate surface area is 131 Å². The highest BCUT2D eigenvalue weighted by molar-refractivity contribution is 7.89. The molecule has 0 radical (unpaired) electrons. The van der Waals surface area contributed by atoms with Gasteiger partial charge in [0.25, 0.3) is 0 Å². The van der Waals surface area contributed by atoms with Gasteiger partial charge >= 0.3 is 0 Å². The van der Waals surface area contributed by atoms with E-state index >= 15 is 0 Å². The van der Waals surface area contributed by atoms with Gasteiger partial charge in [-0.3, -0.25) is 4.98 Å². The summed E-state index contributed by atoms with van der Waals surface area (Å²) in [6, 6.07) is 8.92. The molecule has 0 bridgehead atoms. The Hall–Kier alpha value is -1.72. The molecular weight excluding hydrogens is 296 g/mol. The second kappa shape index (κ2) is 5.82. The van der Waals surface area contributed by atoms with Crippen LogP contribution in [-0.2, 0) is 10.0 Å². The minimum Gasteiger partial charge on any atom is -0.264 e. The third-order valence-electron chi connectivity index (χ3n) is 4.25. The lowest BCUT2D eigenvalue weighted by Gasteiger charge is -2.25. The molecule has 116 valence electrons. The number of hydrogen-bond acceptors (Lipinski definition) is 3. The van der Waals surface area contributed by atoms with E-state index in [1.165, 1.54) is 0 Å². The van der Waals surface area contributed by atoms with E-state index in [0.29, 0.717) is 11.4 Å². The fourth-order valence-electron chi connectivity index (χ4n) is 3.04. The molecule has 2 heterocycles. The van der Waals surface area contributed by atoms with Crippen LogP contribution in [0, 0.1) is 13.8 Å². The van der Waals surface area contributed by atoms with Gasteiger partial charge in [-0.15, -0.1) is 0 Å². The molecule has 0 spiro atoms. The summed E-state index contributed by atoms with van der Waals surface area (Å²) in [6.45, 7) is 4.51. The van der Waals surface area contributed by atoms with Crippen LogP contribution in [0.5, 0.6) is 0 Å². The third kappa shape index (κ3) is 2.66. The summed E-state index contributed by atoms with van der Waals surface area (Å²) in [5.41, 5.74) is 3.16. The normalized spacial score (nSPS) is 19.5. The summed E-state index contributed by atoms with van der Waals surface area (Å²) >= 11 is 0. The Morgan fingerprint density at radius 1 is 1.14 bits per heavy atom. The van der Waals surface area contributed by atoms with Gasteiger partial charge in [0.1, 0.15) is 0 Å². The Balaban J connectivity index is 1.99. The van der Waals surface area contributed by atoms with Crippen molar-refractivity contribution in [3.05, 3.63) is 59.4 Å². The van der Waals surface area contributed by atoms with Crippen molar-refractivity contribution >= 4 is 10.0 Å². The van der Waals surface area contributed by atoms with E-state index in [-0.39, 0.29) is 6.04 Å². The molecule has 1 atom stereocenters. The highest BCUT2D eigenvalue weighted by Crippen LogP contribution is 2.37. The maximum absolute atomic E-state index is 13.0. The standard InChI is InChI=1S/C17H20N2O2S/c1-13-5-7-15(8-6-13)22(20,21)19-11-3-4-17(19)16-9-10-18-12-14(16)2/h5-10,12,17H,3-4,11H2,1-2H3. The van der Waals surface area contributed by atoms with E-state index in [4.69, 9.17) is 0 Å². The van der Waals surface area contributed by atoms with Crippen LogP contribution in [0.25, 0.3) is 0 Å². The van der Waals surface area contributed by atoms with Gasteiger partial charge in [0.15, 0.2) is 0 Å². The van der Waals surface area contributed by atoms with Gasteiger partial charge in [-0.05, 0) is 56.0 Å². The molecule has 0 amide bonds. The minimum atomic E-state index is -3.46. The van der Waals surface area contributed by atoms with Crippen molar-refractivity contribution in [2.24, 2.45) is 0 Å². The molecule has 1 aromatic carbocycles. The van der Waals surface area contributed by atoms with Gasteiger partial charge in [-0.2, -0.15) is 4.31 Å². The molecule has 0 saturated carbocycles. The predicted molar refractivity (Wildman–Crippen MR) is 86.0 cm³/mol. The number of benzene rings is 1. The molecule has 1 aromatic heterocycles. The number of pyridine rings is 1. The number of aryl methyl sites for hydroxylation is 2. The van der Waals surface area contributed by atoms with E-state index in [9.17, 15) is 8.42 Å². The molecule has 1 saturated heterocycles. The highest BCUT2D eigenvalue weighted by Gasteiger charge is 2.36. The van der Waals surface area contributed by atoms with Crippen molar-refractivity contribution in [2.45, 2.75) is 37.6 Å². The fraction of sp³-hybridized carbons (Fsp3) is 0.353. The highest BCUT2D eigenvalue weighted by atomic mass is 32.2. The number of hydrogen-bond donors (Lipinski definition) is 0. The summed E-state index contributed by atoms with van der Waals surface area (Å²) in [4.78, 5) is 4.48. The van der Waals surface area contributed by atoms with Crippen molar-refractivity contribution in [1.82, 2.24) is 9.29 Å². The van der Waals surface area contributed by atoms with E-state index in [2.05, 4.69) is 4.98 Å². The lowest BCUT2D eigenvalue weighted by Crippen LogP contribution is -2.31. The topological polar surface area (TPSA) is 50.3 Å². The SMILES string of the molecule is Cc1ccc(S(=O)(=O)N2CCCC2c2ccncc2C)cc1. The van der Waals surface area contributed by atoms with Crippen molar-refractivity contribution < 1.29 is 8.42 Å². The molecule has 4 nitrogen and oxygen atoms in total. The maximum Gasteiger partial charge on any atom is 0.243 e. The average molecular weight is 316 g/mol. The quantitative estimate of drug-likeness (QED) is 0.873. The Bertz CT molecular complexity index is 770. The summed E-state index contributed by atoms with van der Waals surface area (Å²) in [5, 5.41) is 0. The summed E-state index contributed by atoms with van der Waals surface area (Å²) in [6.07, 6.45) is 5.27. The van der Waals surface area contributed by atoms with Gasteiger partial charge in [0.2, 0.25) is 10.0 Å². The molecule has 2 aromatic rings. The molecular formula is C17H20N2O2S. The largest absolute Gasteiger partial charge is 0.264 e. The van der Waals surface area contributed by atoms with Crippen molar-refractivity contribution in [2.75, 3.05) is 6.54 Å². The van der Waals surface area contributed by atoms with Crippen molar-refractivity contribution in [1.29, 1.82) is 0 Å². The molecule has 3 rings (SSSR count). The lowest BCUT2D eigenvalue weighted by molar-refractivity contribution is 0.395. The first kappa shape index (κ1) is 15.2. The lowest BCUT2D eigenvalue weighted by atomic mass is 10.0. The molecule has 1 aliphatic rings. The molecule has 1 fully saturated rings. The molecule has 22 heavy (non-hydrogen) atoms. The van der Waals surface area contributed by atoms with Crippen LogP contribution in [0.15, 0.2) is 47.6 Å². The van der Waals surface area contributed by atoms with Gasteiger partial charge < -0.3 is 0 Å². The number of aromatic nitrogens is 1. The van der Waals surface area contributed by atoms with Crippen LogP contribution in [0.2, 0.25) is 0 Å². The second-order valence-electron chi connectivity index (χ2n) is 5.82. The van der Waals surface area contributed by atoms with Crippen LogP contribution in [0.1, 0.15) is 35.6 Å². The Morgan fingerprint density at radius 2 is 1.86 bits per heavy atom. The van der Waals surface area contributed by atoms with E-state index in [1.54, 1.807) is 28.8 Å². The van der Waals surface area contributed by atoms with Crippen molar-refractivity contribution in [3.8, 4) is 0 Å². The molecule has 1 unspecified atom stereocenters. The van der Waals surface area contributed by atoms with Crippen LogP contribution in [-0.4, -0.2) is 24.3 Å². The average Bonchev–Trinajstić information content (AvgIpc) is 2.98. The Morgan fingerprint density at radius 3 is 2.55 bits per heavy atom. The second-order valence-corrected chi connectivity index (χ2v) is 7.71. The van der Waals surface area contributed by atoms with Gasteiger partial charge in [-0.25, -0.2) is 8.42 Å². The predicted octanol–water partition coefficient (Wildman–Crippen LogP) is 3.22. The monoisotopic (exact) mass is 316 g/mol. The zero-order chi connectivity index (χ0) is 15.7. The zero-order valence-corrected chi connectivity index (χ0v) is 13.7. The van der Waals surface area contributed by atoms with E-state index < -0.39 is 10.0 Å². The van der Waals surface area contributed by atoms with E-state index in [0.717, 1.165) is 29.5 Å². The van der Waals surface area contributed by atoms with Crippen LogP contribution >= 0.6 is 0 Å². The number of nitrogens with zero attached hydrogens (tertiary/aromatic N) is 2. The first-order valence-electron chi connectivity index (χ1n) is 7.49. The third-order valence-corrected chi connectivity index (χ3v) is 6.18. The van der Waals surface area contributed by atoms with Gasteiger partial charge in [0.05, 0.1) is 10.9 Å². The smallest absolute Gasteiger partial charge is 0.243 e. The zero-order valence-electron chi connectivity index (χ0n) is 12.9. The first-order chi connectivity index (χ1) is 10.5.